The highest BCUT2D eigenvalue weighted by Crippen LogP contribution is 2.35. The van der Waals surface area contributed by atoms with Gasteiger partial charge in [-0.1, -0.05) is 59.7 Å². The molecule has 2 aromatic carbocycles. The summed E-state index contributed by atoms with van der Waals surface area (Å²) in [7, 11) is 0. The molecule has 5 nitrogen and oxygen atoms in total. The van der Waals surface area contributed by atoms with Gasteiger partial charge in [0.15, 0.2) is 6.61 Å². The van der Waals surface area contributed by atoms with Crippen molar-refractivity contribution >= 4 is 11.6 Å². The molecule has 0 heterocycles. The van der Waals surface area contributed by atoms with Crippen molar-refractivity contribution in [3.63, 3.8) is 0 Å². The molecule has 0 aliphatic rings. The summed E-state index contributed by atoms with van der Waals surface area (Å²) in [6.45, 7) is 16.6. The molecular weight excluding hydrogens is 390 g/mol. The topological polar surface area (TPSA) is 56.8 Å². The van der Waals surface area contributed by atoms with Crippen molar-refractivity contribution in [3.8, 4) is 11.5 Å². The van der Waals surface area contributed by atoms with Crippen LogP contribution in [0.4, 0.5) is 5.69 Å². The minimum absolute atomic E-state index is 0.0473. The van der Waals surface area contributed by atoms with Gasteiger partial charge in [-0.3, -0.25) is 4.79 Å². The molecule has 5 heteroatoms. The monoisotopic (exact) mass is 427 g/mol. The van der Waals surface area contributed by atoms with E-state index in [1.54, 1.807) is 6.07 Å². The number of hydrogen-bond acceptors (Lipinski definition) is 4. The van der Waals surface area contributed by atoms with Gasteiger partial charge in [0.05, 0.1) is 6.61 Å². The van der Waals surface area contributed by atoms with Crippen LogP contribution in [0.25, 0.3) is 0 Å². The second-order valence-corrected chi connectivity index (χ2v) is 9.62. The van der Waals surface area contributed by atoms with Crippen LogP contribution in [0.15, 0.2) is 42.5 Å². The van der Waals surface area contributed by atoms with Crippen LogP contribution in [0, 0.1) is 0 Å². The fourth-order valence-corrected chi connectivity index (χ4v) is 3.08. The molecule has 2 aromatic rings. The van der Waals surface area contributed by atoms with Crippen LogP contribution < -0.4 is 14.8 Å². The summed E-state index contributed by atoms with van der Waals surface area (Å²) in [5.41, 5.74) is 2.96. The molecule has 2 rings (SSSR count). The van der Waals surface area contributed by atoms with Gasteiger partial charge in [0.2, 0.25) is 0 Å². The molecule has 0 saturated heterocycles. The third kappa shape index (κ3) is 7.91. The fourth-order valence-electron chi connectivity index (χ4n) is 3.08. The van der Waals surface area contributed by atoms with Crippen molar-refractivity contribution in [1.29, 1.82) is 0 Å². The van der Waals surface area contributed by atoms with Gasteiger partial charge >= 0.3 is 0 Å². The molecule has 31 heavy (non-hydrogen) atoms. The average Bonchev–Trinajstić information content (AvgIpc) is 2.68. The zero-order chi connectivity index (χ0) is 23.1. The minimum atomic E-state index is -0.216. The number of carbonyl (C=O) groups excluding carboxylic acids is 1. The van der Waals surface area contributed by atoms with E-state index in [2.05, 4.69) is 59.0 Å². The quantitative estimate of drug-likeness (QED) is 0.521. The Kier molecular flexibility index (Phi) is 8.52. The molecule has 0 unspecified atom stereocenters. The lowest BCUT2D eigenvalue weighted by Gasteiger charge is -2.27. The summed E-state index contributed by atoms with van der Waals surface area (Å²) in [5, 5.41) is 2.87. The van der Waals surface area contributed by atoms with Gasteiger partial charge in [-0.05, 0) is 47.1 Å². The standard InChI is InChI=1S/C26H37NO4/c1-8-29-14-15-30-21-11-9-10-20(17-21)27-24(28)18-31-23-13-12-19(25(2,3)4)16-22(23)26(5,6)7/h9-13,16-17H,8,14-15,18H2,1-7H3,(H,27,28). The summed E-state index contributed by atoms with van der Waals surface area (Å²) < 4.78 is 16.8. The number of anilines is 1. The van der Waals surface area contributed by atoms with Crippen molar-refractivity contribution in [3.05, 3.63) is 53.6 Å². The van der Waals surface area contributed by atoms with Crippen molar-refractivity contribution in [2.24, 2.45) is 0 Å². The van der Waals surface area contributed by atoms with Crippen molar-refractivity contribution < 1.29 is 19.0 Å². The molecule has 0 aliphatic heterocycles. The minimum Gasteiger partial charge on any atom is -0.491 e. The van der Waals surface area contributed by atoms with Crippen LogP contribution in [0.2, 0.25) is 0 Å². The highest BCUT2D eigenvalue weighted by atomic mass is 16.5. The van der Waals surface area contributed by atoms with Gasteiger partial charge in [0.1, 0.15) is 18.1 Å². The van der Waals surface area contributed by atoms with Crippen molar-refractivity contribution in [1.82, 2.24) is 0 Å². The number of amides is 1. The van der Waals surface area contributed by atoms with E-state index in [0.29, 0.717) is 31.3 Å². The fraction of sp³-hybridized carbons (Fsp3) is 0.500. The van der Waals surface area contributed by atoms with Gasteiger partial charge in [-0.2, -0.15) is 0 Å². The van der Waals surface area contributed by atoms with E-state index in [-0.39, 0.29) is 23.3 Å². The normalized spacial score (nSPS) is 11.8. The number of hydrogen-bond donors (Lipinski definition) is 1. The van der Waals surface area contributed by atoms with E-state index in [1.807, 2.05) is 31.2 Å². The second-order valence-electron chi connectivity index (χ2n) is 9.62. The lowest BCUT2D eigenvalue weighted by Crippen LogP contribution is -2.22. The van der Waals surface area contributed by atoms with Gasteiger partial charge in [-0.25, -0.2) is 0 Å². The van der Waals surface area contributed by atoms with Gasteiger partial charge in [0.25, 0.3) is 5.91 Å². The van der Waals surface area contributed by atoms with Crippen LogP contribution in [-0.2, 0) is 20.4 Å². The molecule has 0 atom stereocenters. The zero-order valence-corrected chi connectivity index (χ0v) is 20.0. The third-order valence-corrected chi connectivity index (χ3v) is 4.83. The van der Waals surface area contributed by atoms with Crippen LogP contribution in [0.5, 0.6) is 11.5 Å². The Labute approximate surface area is 187 Å². The van der Waals surface area contributed by atoms with Crippen LogP contribution >= 0.6 is 0 Å². The maximum Gasteiger partial charge on any atom is 0.262 e. The molecule has 1 N–H and O–H groups in total. The van der Waals surface area contributed by atoms with E-state index >= 15 is 0 Å². The number of nitrogens with one attached hydrogen (secondary N) is 1. The Morgan fingerprint density at radius 2 is 1.65 bits per heavy atom. The maximum absolute atomic E-state index is 12.5. The zero-order valence-electron chi connectivity index (χ0n) is 20.0. The maximum atomic E-state index is 12.5. The number of carbonyl (C=O) groups is 1. The van der Waals surface area contributed by atoms with E-state index in [0.717, 1.165) is 11.3 Å². The Hall–Kier alpha value is -2.53. The highest BCUT2D eigenvalue weighted by molar-refractivity contribution is 5.92. The lowest BCUT2D eigenvalue weighted by atomic mass is 9.80. The van der Waals surface area contributed by atoms with E-state index in [9.17, 15) is 4.79 Å². The summed E-state index contributed by atoms with van der Waals surface area (Å²) in [4.78, 5) is 12.5. The number of benzene rings is 2. The summed E-state index contributed by atoms with van der Waals surface area (Å²) in [6.07, 6.45) is 0. The average molecular weight is 428 g/mol. The first-order valence-electron chi connectivity index (χ1n) is 10.9. The Morgan fingerprint density at radius 1 is 0.903 bits per heavy atom. The van der Waals surface area contributed by atoms with Gasteiger partial charge < -0.3 is 19.5 Å². The van der Waals surface area contributed by atoms with Crippen molar-refractivity contribution in [2.75, 3.05) is 31.7 Å². The Morgan fingerprint density at radius 3 is 2.29 bits per heavy atom. The summed E-state index contributed by atoms with van der Waals surface area (Å²) in [5.74, 6) is 1.21. The predicted molar refractivity (Wildman–Crippen MR) is 126 cm³/mol. The second kappa shape index (κ2) is 10.7. The van der Waals surface area contributed by atoms with E-state index < -0.39 is 0 Å². The third-order valence-electron chi connectivity index (χ3n) is 4.83. The molecule has 0 fully saturated rings. The first-order valence-corrected chi connectivity index (χ1v) is 10.9. The summed E-state index contributed by atoms with van der Waals surface area (Å²) in [6, 6.07) is 13.6. The van der Waals surface area contributed by atoms with Gasteiger partial charge in [0, 0.05) is 18.4 Å². The molecule has 1 amide bonds. The van der Waals surface area contributed by atoms with Crippen LogP contribution in [0.1, 0.15) is 59.6 Å². The highest BCUT2D eigenvalue weighted by Gasteiger charge is 2.23. The summed E-state index contributed by atoms with van der Waals surface area (Å²) >= 11 is 0. The first-order chi connectivity index (χ1) is 14.5. The van der Waals surface area contributed by atoms with E-state index in [1.165, 1.54) is 5.56 Å². The molecule has 0 aliphatic carbocycles. The molecule has 0 spiro atoms. The molecule has 0 aromatic heterocycles. The predicted octanol–water partition coefficient (Wildman–Crippen LogP) is 5.71. The number of ether oxygens (including phenoxy) is 3. The molecule has 0 saturated carbocycles. The largest absolute Gasteiger partial charge is 0.491 e. The SMILES string of the molecule is CCOCCOc1cccc(NC(=O)COc2ccc(C(C)(C)C)cc2C(C)(C)C)c1. The molecular formula is C26H37NO4. The molecule has 0 radical (unpaired) electrons. The molecule has 170 valence electrons. The van der Waals surface area contributed by atoms with Crippen LogP contribution in [-0.4, -0.2) is 32.3 Å². The van der Waals surface area contributed by atoms with Gasteiger partial charge in [-0.15, -0.1) is 0 Å². The Bertz CT molecular complexity index is 862. The smallest absolute Gasteiger partial charge is 0.262 e. The van der Waals surface area contributed by atoms with Crippen molar-refractivity contribution in [2.45, 2.75) is 59.3 Å². The molecule has 0 bridgehead atoms. The Balaban J connectivity index is 2.01. The lowest BCUT2D eigenvalue weighted by molar-refractivity contribution is -0.118. The van der Waals surface area contributed by atoms with Crippen LogP contribution in [0.3, 0.4) is 0 Å². The van der Waals surface area contributed by atoms with E-state index in [4.69, 9.17) is 14.2 Å². The first kappa shape index (κ1) is 24.7. The number of rotatable bonds is 9.